The van der Waals surface area contributed by atoms with Gasteiger partial charge in [-0.05, 0) is 83.1 Å². The van der Waals surface area contributed by atoms with Crippen LogP contribution in [-0.2, 0) is 43.0 Å². The van der Waals surface area contributed by atoms with Gasteiger partial charge in [-0.3, -0.25) is 28.8 Å². The van der Waals surface area contributed by atoms with E-state index in [9.17, 15) is 49.2 Å². The predicted molar refractivity (Wildman–Crippen MR) is 233 cm³/mol. The highest BCUT2D eigenvalue weighted by atomic mass is 32.2. The summed E-state index contributed by atoms with van der Waals surface area (Å²) in [5.41, 5.74) is -1.70. The maximum atomic E-state index is 13.4. The van der Waals surface area contributed by atoms with Crippen molar-refractivity contribution in [1.29, 1.82) is 0 Å². The predicted octanol–water partition coefficient (Wildman–Crippen LogP) is 6.77. The maximum absolute atomic E-state index is 13.4. The number of carboxylic acids is 3. The average Bonchev–Trinajstić information content (AvgIpc) is 2.98. The molecule has 0 aliphatic heterocycles. The minimum Gasteiger partial charge on any atom is -0.480 e. The van der Waals surface area contributed by atoms with E-state index in [2.05, 4.69) is 0 Å². The summed E-state index contributed by atoms with van der Waals surface area (Å²) in [5.74, 6) is -5.78. The van der Waals surface area contributed by atoms with Crippen LogP contribution in [-0.4, -0.2) is 122 Å². The van der Waals surface area contributed by atoms with Crippen LogP contribution in [0.25, 0.3) is 0 Å². The Hall–Kier alpha value is -0.850. The van der Waals surface area contributed by atoms with E-state index in [4.69, 9.17) is 50.9 Å². The monoisotopic (exact) mass is 928 g/mol. The molecule has 0 aliphatic rings. The van der Waals surface area contributed by atoms with E-state index < -0.39 is 96.1 Å². The van der Waals surface area contributed by atoms with Crippen molar-refractivity contribution in [3.63, 3.8) is 0 Å². The Kier molecular flexibility index (Phi) is 20.4. The van der Waals surface area contributed by atoms with Crippen LogP contribution in [0.3, 0.4) is 0 Å². The van der Waals surface area contributed by atoms with Gasteiger partial charge in [-0.25, -0.2) is 0 Å². The molecule has 0 fully saturated rings. The summed E-state index contributed by atoms with van der Waals surface area (Å²) in [6.07, 6.45) is 0. The lowest BCUT2D eigenvalue weighted by Gasteiger charge is -2.34. The number of aliphatic hydroxyl groups excluding tert-OH is 1. The zero-order chi connectivity index (χ0) is 42.9. The van der Waals surface area contributed by atoms with Gasteiger partial charge in [-0.15, -0.1) is 0 Å². The van der Waals surface area contributed by atoms with Crippen LogP contribution in [0.2, 0.25) is 0 Å². The topological polar surface area (TPSA) is 211 Å². The molecule has 0 saturated carbocycles. The molecule has 0 aromatic carbocycles. The number of hydrogen-bond donors (Lipinski definition) is 4. The summed E-state index contributed by atoms with van der Waals surface area (Å²) in [6.45, 7) is 15.1. The Morgan fingerprint density at radius 1 is 0.426 bits per heavy atom. The summed E-state index contributed by atoms with van der Waals surface area (Å²) < 4.78 is 9.42. The minimum absolute atomic E-state index is 0.158. The van der Waals surface area contributed by atoms with Crippen LogP contribution in [0.1, 0.15) is 83.1 Å². The molecule has 54 heavy (non-hydrogen) atoms. The number of rotatable bonds is 19. The fraction of sp³-hybridized carbons (Fsp3) is 0.719. The third-order valence-corrected chi connectivity index (χ3v) is 15.0. The molecule has 0 aromatic heterocycles. The van der Waals surface area contributed by atoms with Gasteiger partial charge in [0, 0.05) is 0 Å². The number of hydrogen-bond acceptors (Lipinski definition) is 19. The molecular formula is C32H48O13S9. The van der Waals surface area contributed by atoms with Crippen molar-refractivity contribution >= 4 is 154 Å². The standard InChI is InChI=1S/C32H48O13S9/c1-26(2,17(34)35)49-23(46)52-29(7,8)20(40)43-14-32(13-33,15-44-21(41)30(9,10)53-24(47)50-27(3,4)18(36)37)16-45-22(42)31(11,12)54-25(48)51-28(5,6)19(38)39/h33H,13-16H2,1-12H3,(H,34,35)(H,36,37)(H,38,39). The molecule has 0 atom stereocenters. The largest absolute Gasteiger partial charge is 0.480 e. The first kappa shape index (κ1) is 53.1. The number of thioether (sulfide) groups is 6. The van der Waals surface area contributed by atoms with E-state index in [-0.39, 0.29) is 10.6 Å². The van der Waals surface area contributed by atoms with E-state index in [0.29, 0.717) is 0 Å². The number of carbonyl (C=O) groups is 6. The molecule has 0 heterocycles. The van der Waals surface area contributed by atoms with Gasteiger partial charge in [0.25, 0.3) is 0 Å². The molecular weight excluding hydrogens is 881 g/mol. The highest BCUT2D eigenvalue weighted by Gasteiger charge is 2.44. The average molecular weight is 929 g/mol. The Labute approximate surface area is 357 Å². The lowest BCUT2D eigenvalue weighted by Crippen LogP contribution is -2.46. The Morgan fingerprint density at radius 3 is 0.778 bits per heavy atom. The molecule has 0 amide bonds. The van der Waals surface area contributed by atoms with Crippen LogP contribution < -0.4 is 0 Å². The molecule has 0 saturated heterocycles. The van der Waals surface area contributed by atoms with Crippen LogP contribution in [0, 0.1) is 5.41 Å². The Balaban J connectivity index is 6.25. The maximum Gasteiger partial charge on any atom is 0.322 e. The van der Waals surface area contributed by atoms with Crippen molar-refractivity contribution in [3.8, 4) is 0 Å². The van der Waals surface area contributed by atoms with Crippen molar-refractivity contribution in [2.45, 2.75) is 112 Å². The van der Waals surface area contributed by atoms with Crippen molar-refractivity contribution in [1.82, 2.24) is 0 Å². The van der Waals surface area contributed by atoms with Crippen LogP contribution in [0.5, 0.6) is 0 Å². The van der Waals surface area contributed by atoms with Gasteiger partial charge in [0.05, 0.1) is 12.0 Å². The molecule has 4 N–H and O–H groups in total. The zero-order valence-electron chi connectivity index (χ0n) is 32.0. The summed E-state index contributed by atoms with van der Waals surface area (Å²) in [6, 6.07) is 0. The van der Waals surface area contributed by atoms with Crippen LogP contribution >= 0.6 is 107 Å². The highest BCUT2D eigenvalue weighted by molar-refractivity contribution is 8.49. The van der Waals surface area contributed by atoms with Crippen molar-refractivity contribution < 1.29 is 63.4 Å². The fourth-order valence-electron chi connectivity index (χ4n) is 3.01. The first-order valence-corrected chi connectivity index (χ1v) is 21.8. The Bertz CT molecular complexity index is 1320. The van der Waals surface area contributed by atoms with Crippen molar-refractivity contribution in [2.75, 3.05) is 26.4 Å². The molecule has 0 aromatic rings. The highest BCUT2D eigenvalue weighted by Crippen LogP contribution is 2.41. The van der Waals surface area contributed by atoms with Gasteiger partial charge in [0.1, 0.15) is 58.9 Å². The molecule has 0 aliphatic carbocycles. The summed E-state index contributed by atoms with van der Waals surface area (Å²) >= 11 is 21.3. The molecule has 22 heteroatoms. The summed E-state index contributed by atoms with van der Waals surface area (Å²) in [7, 11) is 0. The number of carboxylic acid groups (broad SMARTS) is 3. The Morgan fingerprint density at radius 2 is 0.611 bits per heavy atom. The zero-order valence-corrected chi connectivity index (χ0v) is 39.3. The lowest BCUT2D eigenvalue weighted by molar-refractivity contribution is -0.167. The molecule has 0 bridgehead atoms. The van der Waals surface area contributed by atoms with Gasteiger partial charge >= 0.3 is 35.8 Å². The second-order valence-corrected chi connectivity index (χ2v) is 28.1. The molecule has 13 nitrogen and oxygen atoms in total. The number of thiocarbonyl (C=S) groups is 3. The normalized spacial score (nSPS) is 13.1. The first-order chi connectivity index (χ1) is 24.1. The number of aliphatic carboxylic acids is 3. The quantitative estimate of drug-likeness (QED) is 0.0598. The van der Waals surface area contributed by atoms with Crippen LogP contribution in [0.15, 0.2) is 0 Å². The van der Waals surface area contributed by atoms with E-state index in [1.165, 1.54) is 83.1 Å². The minimum atomic E-state index is -1.70. The van der Waals surface area contributed by atoms with Gasteiger partial charge in [-0.1, -0.05) is 107 Å². The SMILES string of the molecule is CC(C)(SC(=S)SC(C)(C)C(=O)OCC(CO)(COC(=O)C(C)(C)SC(=S)SC(C)(C)C(=O)O)COC(=O)C(C)(C)SC(=S)SC(C)(C)C(=O)O)C(=O)O. The third-order valence-electron chi connectivity index (χ3n) is 6.91. The van der Waals surface area contributed by atoms with Gasteiger partial charge in [0.15, 0.2) is 0 Å². The number of carbonyl (C=O) groups excluding carboxylic acids is 3. The summed E-state index contributed by atoms with van der Waals surface area (Å²) in [5, 5.41) is 39.0. The lowest BCUT2D eigenvalue weighted by atomic mass is 9.92. The van der Waals surface area contributed by atoms with E-state index in [0.717, 1.165) is 70.6 Å². The second-order valence-electron chi connectivity index (χ2n) is 14.7. The molecule has 0 rings (SSSR count). The van der Waals surface area contributed by atoms with Gasteiger partial charge < -0.3 is 34.6 Å². The van der Waals surface area contributed by atoms with Crippen molar-refractivity contribution in [3.05, 3.63) is 0 Å². The molecule has 0 spiro atoms. The van der Waals surface area contributed by atoms with Gasteiger partial charge in [-0.2, -0.15) is 0 Å². The van der Waals surface area contributed by atoms with Crippen molar-refractivity contribution in [2.24, 2.45) is 5.41 Å². The first-order valence-electron chi connectivity index (χ1n) is 15.7. The molecule has 0 radical (unpaired) electrons. The number of ether oxygens (including phenoxy) is 3. The number of aliphatic hydroxyl groups is 1. The van der Waals surface area contributed by atoms with E-state index >= 15 is 0 Å². The van der Waals surface area contributed by atoms with Gasteiger partial charge in [0.2, 0.25) is 0 Å². The molecule has 308 valence electrons. The fourth-order valence-corrected chi connectivity index (χ4v) is 14.2. The van der Waals surface area contributed by atoms with Crippen LogP contribution in [0.4, 0.5) is 0 Å². The third kappa shape index (κ3) is 17.3. The molecule has 0 unspecified atom stereocenters. The second kappa shape index (κ2) is 20.7. The summed E-state index contributed by atoms with van der Waals surface area (Å²) in [4.78, 5) is 74.8. The smallest absolute Gasteiger partial charge is 0.322 e. The van der Waals surface area contributed by atoms with E-state index in [1.807, 2.05) is 0 Å². The van der Waals surface area contributed by atoms with E-state index in [1.54, 1.807) is 0 Å². The number of esters is 3.